The van der Waals surface area contributed by atoms with Crippen molar-refractivity contribution in [3.8, 4) is 0 Å². The molecule has 1 aliphatic carbocycles. The van der Waals surface area contributed by atoms with Gasteiger partial charge in [0.05, 0.1) is 11.5 Å². The molecule has 2 rings (SSSR count). The van der Waals surface area contributed by atoms with Crippen LogP contribution in [-0.4, -0.2) is 35.1 Å². The number of aryl methyl sites for hydroxylation is 2. The molecule has 0 bridgehead atoms. The lowest BCUT2D eigenvalue weighted by Crippen LogP contribution is -2.41. The molecule has 0 aromatic carbocycles. The van der Waals surface area contributed by atoms with Crippen LogP contribution in [0.5, 0.6) is 0 Å². The van der Waals surface area contributed by atoms with Crippen molar-refractivity contribution in [3.63, 3.8) is 0 Å². The van der Waals surface area contributed by atoms with E-state index in [9.17, 15) is 9.90 Å². The zero-order valence-electron chi connectivity index (χ0n) is 13.2. The van der Waals surface area contributed by atoms with Crippen LogP contribution in [0, 0.1) is 0 Å². The first-order valence-electron chi connectivity index (χ1n) is 8.24. The molecule has 1 amide bonds. The Morgan fingerprint density at radius 1 is 1.29 bits per heavy atom. The molecular weight excluding hydrogens is 282 g/mol. The van der Waals surface area contributed by atoms with Gasteiger partial charge < -0.3 is 10.0 Å². The van der Waals surface area contributed by atoms with Crippen LogP contribution in [-0.2, 0) is 12.8 Å². The van der Waals surface area contributed by atoms with Gasteiger partial charge in [-0.15, -0.1) is 11.3 Å². The number of hydrogen-bond acceptors (Lipinski definition) is 3. The van der Waals surface area contributed by atoms with Crippen LogP contribution in [0.4, 0.5) is 0 Å². The summed E-state index contributed by atoms with van der Waals surface area (Å²) in [6, 6.07) is 2.34. The molecule has 1 aromatic heterocycles. The third kappa shape index (κ3) is 3.86. The summed E-state index contributed by atoms with van der Waals surface area (Å²) < 4.78 is 0. The first-order chi connectivity index (χ1) is 10.2. The van der Waals surface area contributed by atoms with Gasteiger partial charge in [0.15, 0.2) is 0 Å². The highest BCUT2D eigenvalue weighted by atomic mass is 32.1. The normalized spacial score (nSPS) is 14.9. The molecule has 0 fully saturated rings. The molecule has 0 unspecified atom stereocenters. The van der Waals surface area contributed by atoms with E-state index in [1.54, 1.807) is 11.3 Å². The molecule has 0 spiro atoms. The Kier molecular flexibility index (Phi) is 6.24. The van der Waals surface area contributed by atoms with E-state index in [0.29, 0.717) is 6.54 Å². The van der Waals surface area contributed by atoms with Crippen molar-refractivity contribution in [1.82, 2.24) is 4.90 Å². The fourth-order valence-corrected chi connectivity index (χ4v) is 4.41. The molecule has 4 heteroatoms. The molecule has 0 aliphatic heterocycles. The number of nitrogens with zero attached hydrogens (tertiary/aromatic N) is 1. The Morgan fingerprint density at radius 2 is 2.00 bits per heavy atom. The Bertz CT molecular complexity index is 442. The van der Waals surface area contributed by atoms with Gasteiger partial charge in [0.2, 0.25) is 0 Å². The van der Waals surface area contributed by atoms with E-state index >= 15 is 0 Å². The molecule has 1 aliphatic rings. The van der Waals surface area contributed by atoms with Gasteiger partial charge in [0, 0.05) is 17.5 Å². The number of aliphatic hydroxyl groups excluding tert-OH is 1. The quantitative estimate of drug-likeness (QED) is 0.815. The summed E-state index contributed by atoms with van der Waals surface area (Å²) in [6.07, 6.45) is 7.90. The van der Waals surface area contributed by atoms with Crippen LogP contribution < -0.4 is 0 Å². The summed E-state index contributed by atoms with van der Waals surface area (Å²) in [5, 5.41) is 9.28. The van der Waals surface area contributed by atoms with Crippen molar-refractivity contribution in [2.24, 2.45) is 0 Å². The highest BCUT2D eigenvalue weighted by Crippen LogP contribution is 2.30. The van der Waals surface area contributed by atoms with Gasteiger partial charge in [-0.3, -0.25) is 4.79 Å². The lowest BCUT2D eigenvalue weighted by molar-refractivity contribution is 0.0627. The van der Waals surface area contributed by atoms with Gasteiger partial charge >= 0.3 is 0 Å². The molecule has 0 radical (unpaired) electrons. The topological polar surface area (TPSA) is 40.5 Å². The number of rotatable bonds is 6. The van der Waals surface area contributed by atoms with Gasteiger partial charge in [0.1, 0.15) is 0 Å². The molecule has 0 saturated carbocycles. The lowest BCUT2D eigenvalue weighted by atomic mass is 10.1. The van der Waals surface area contributed by atoms with E-state index in [-0.39, 0.29) is 18.6 Å². The molecule has 1 N–H and O–H groups in total. The van der Waals surface area contributed by atoms with E-state index < -0.39 is 0 Å². The Labute approximate surface area is 132 Å². The SMILES string of the molecule is CCC(CC)N(CCO)C(=O)c1cc2c(s1)CCCCC2. The summed E-state index contributed by atoms with van der Waals surface area (Å²) in [5.41, 5.74) is 1.38. The van der Waals surface area contributed by atoms with Gasteiger partial charge in [-0.25, -0.2) is 0 Å². The number of hydrogen-bond donors (Lipinski definition) is 1. The van der Waals surface area contributed by atoms with Gasteiger partial charge in [0.25, 0.3) is 5.91 Å². The van der Waals surface area contributed by atoms with Crippen molar-refractivity contribution >= 4 is 17.2 Å². The number of fused-ring (bicyclic) bond motifs is 1. The van der Waals surface area contributed by atoms with Crippen LogP contribution in [0.2, 0.25) is 0 Å². The molecular formula is C17H27NO2S. The van der Waals surface area contributed by atoms with Crippen molar-refractivity contribution in [2.75, 3.05) is 13.2 Å². The highest BCUT2D eigenvalue weighted by Gasteiger charge is 2.24. The van der Waals surface area contributed by atoms with E-state index in [1.165, 1.54) is 29.7 Å². The minimum absolute atomic E-state index is 0.0350. The largest absolute Gasteiger partial charge is 0.395 e. The Balaban J connectivity index is 2.20. The molecule has 118 valence electrons. The second kappa shape index (κ2) is 7.95. The van der Waals surface area contributed by atoms with E-state index in [1.807, 2.05) is 4.90 Å². The number of aliphatic hydroxyl groups is 1. The van der Waals surface area contributed by atoms with Crippen LogP contribution in [0.3, 0.4) is 0 Å². The second-order valence-corrected chi connectivity index (χ2v) is 6.95. The summed E-state index contributed by atoms with van der Waals surface area (Å²) in [7, 11) is 0. The van der Waals surface area contributed by atoms with Gasteiger partial charge in [-0.05, 0) is 50.2 Å². The third-order valence-corrected chi connectivity index (χ3v) is 5.67. The zero-order valence-corrected chi connectivity index (χ0v) is 14.0. The van der Waals surface area contributed by atoms with Crippen molar-refractivity contribution in [1.29, 1.82) is 0 Å². The molecule has 3 nitrogen and oxygen atoms in total. The molecule has 0 saturated heterocycles. The van der Waals surface area contributed by atoms with E-state index in [0.717, 1.165) is 30.6 Å². The maximum Gasteiger partial charge on any atom is 0.264 e. The number of thiophene rings is 1. The smallest absolute Gasteiger partial charge is 0.264 e. The lowest BCUT2D eigenvalue weighted by Gasteiger charge is -2.29. The van der Waals surface area contributed by atoms with Crippen molar-refractivity contribution < 1.29 is 9.90 Å². The number of amides is 1. The number of carbonyl (C=O) groups excluding carboxylic acids is 1. The highest BCUT2D eigenvalue weighted by molar-refractivity contribution is 7.14. The molecule has 0 atom stereocenters. The summed E-state index contributed by atoms with van der Waals surface area (Å²) in [4.78, 5) is 17.0. The van der Waals surface area contributed by atoms with Crippen LogP contribution >= 0.6 is 11.3 Å². The fraction of sp³-hybridized carbons (Fsp3) is 0.706. The minimum atomic E-state index is 0.0350. The molecule has 1 aromatic rings. The Morgan fingerprint density at radius 3 is 2.67 bits per heavy atom. The summed E-state index contributed by atoms with van der Waals surface area (Å²) in [6.45, 7) is 4.69. The first-order valence-corrected chi connectivity index (χ1v) is 9.06. The first kappa shape index (κ1) is 16.5. The average Bonchev–Trinajstić information content (AvgIpc) is 2.78. The minimum Gasteiger partial charge on any atom is -0.395 e. The van der Waals surface area contributed by atoms with E-state index in [4.69, 9.17) is 0 Å². The Hall–Kier alpha value is -0.870. The van der Waals surface area contributed by atoms with Crippen LogP contribution in [0.1, 0.15) is 66.1 Å². The van der Waals surface area contributed by atoms with Crippen molar-refractivity contribution in [3.05, 3.63) is 21.4 Å². The summed E-state index contributed by atoms with van der Waals surface area (Å²) >= 11 is 1.68. The monoisotopic (exact) mass is 309 g/mol. The average molecular weight is 309 g/mol. The summed E-state index contributed by atoms with van der Waals surface area (Å²) in [5.74, 6) is 0.107. The van der Waals surface area contributed by atoms with Crippen molar-refractivity contribution in [2.45, 2.75) is 64.8 Å². The predicted molar refractivity (Wildman–Crippen MR) is 88.1 cm³/mol. The second-order valence-electron chi connectivity index (χ2n) is 5.81. The standard InChI is InChI=1S/C17H27NO2S/c1-3-14(4-2)18(10-11-19)17(20)16-12-13-8-6-5-7-9-15(13)21-16/h12,14,19H,3-11H2,1-2H3. The maximum absolute atomic E-state index is 12.8. The number of carbonyl (C=O) groups is 1. The molecule has 21 heavy (non-hydrogen) atoms. The van der Waals surface area contributed by atoms with Gasteiger partial charge in [-0.2, -0.15) is 0 Å². The zero-order chi connectivity index (χ0) is 15.2. The predicted octanol–water partition coefficient (Wildman–Crippen LogP) is 3.64. The van der Waals surface area contributed by atoms with Crippen LogP contribution in [0.25, 0.3) is 0 Å². The van der Waals surface area contributed by atoms with Crippen LogP contribution in [0.15, 0.2) is 6.07 Å². The fourth-order valence-electron chi connectivity index (χ4n) is 3.20. The van der Waals surface area contributed by atoms with Gasteiger partial charge in [-0.1, -0.05) is 20.3 Å². The third-order valence-electron chi connectivity index (χ3n) is 4.44. The van der Waals surface area contributed by atoms with E-state index in [2.05, 4.69) is 19.9 Å². The maximum atomic E-state index is 12.8. The molecule has 1 heterocycles.